The second kappa shape index (κ2) is 10.3. The van der Waals surface area contributed by atoms with E-state index < -0.39 is 0 Å². The highest BCUT2D eigenvalue weighted by Gasteiger charge is 2.12. The molecule has 4 rings (SSSR count). The van der Waals surface area contributed by atoms with Crippen LogP contribution in [-0.2, 0) is 13.0 Å². The van der Waals surface area contributed by atoms with Crippen LogP contribution in [0.3, 0.4) is 0 Å². The Morgan fingerprint density at radius 3 is 2.61 bits per heavy atom. The third kappa shape index (κ3) is 5.61. The van der Waals surface area contributed by atoms with Gasteiger partial charge in [0, 0.05) is 18.5 Å². The molecule has 0 aliphatic rings. The zero-order chi connectivity index (χ0) is 23.2. The van der Waals surface area contributed by atoms with Gasteiger partial charge in [0.15, 0.2) is 0 Å². The SMILES string of the molecule is Cc1cccc(OCCn2c(CCCNC(=O)c3ccc(C)cc3C)nc3ccccc32)c1. The Bertz CT molecular complexity index is 1260. The van der Waals surface area contributed by atoms with Crippen LogP contribution in [0.15, 0.2) is 66.7 Å². The molecule has 0 radical (unpaired) electrons. The van der Waals surface area contributed by atoms with E-state index in [4.69, 9.17) is 9.72 Å². The number of amides is 1. The first-order chi connectivity index (χ1) is 16.0. The number of fused-ring (bicyclic) bond motifs is 1. The molecule has 5 nitrogen and oxygen atoms in total. The number of aromatic nitrogens is 2. The third-order valence-electron chi connectivity index (χ3n) is 5.80. The van der Waals surface area contributed by atoms with Crippen LogP contribution in [0.4, 0.5) is 0 Å². The Kier molecular flexibility index (Phi) is 7.08. The number of nitrogens with zero attached hydrogens (tertiary/aromatic N) is 2. The number of rotatable bonds is 9. The van der Waals surface area contributed by atoms with Crippen molar-refractivity contribution in [2.45, 2.75) is 40.2 Å². The molecule has 0 fully saturated rings. The molecule has 0 saturated carbocycles. The predicted octanol–water partition coefficient (Wildman–Crippen LogP) is 5.40. The number of ether oxygens (including phenoxy) is 1. The number of carbonyl (C=O) groups is 1. The van der Waals surface area contributed by atoms with Crippen molar-refractivity contribution in [1.82, 2.24) is 14.9 Å². The lowest BCUT2D eigenvalue weighted by molar-refractivity contribution is 0.0952. The van der Waals surface area contributed by atoms with Crippen LogP contribution in [0.25, 0.3) is 11.0 Å². The molecule has 5 heteroatoms. The van der Waals surface area contributed by atoms with Gasteiger partial charge in [-0.1, -0.05) is 42.0 Å². The van der Waals surface area contributed by atoms with E-state index in [-0.39, 0.29) is 5.91 Å². The number of carbonyl (C=O) groups excluding carboxylic acids is 1. The molecule has 1 aromatic heterocycles. The molecule has 33 heavy (non-hydrogen) atoms. The maximum atomic E-state index is 12.5. The number of hydrogen-bond acceptors (Lipinski definition) is 3. The van der Waals surface area contributed by atoms with E-state index >= 15 is 0 Å². The van der Waals surface area contributed by atoms with Gasteiger partial charge < -0.3 is 14.6 Å². The number of aryl methyl sites for hydroxylation is 4. The van der Waals surface area contributed by atoms with Crippen molar-refractivity contribution >= 4 is 16.9 Å². The summed E-state index contributed by atoms with van der Waals surface area (Å²) in [6, 6.07) is 22.2. The van der Waals surface area contributed by atoms with Gasteiger partial charge in [0.1, 0.15) is 18.2 Å². The first-order valence-electron chi connectivity index (χ1n) is 11.5. The monoisotopic (exact) mass is 441 g/mol. The summed E-state index contributed by atoms with van der Waals surface area (Å²) in [7, 11) is 0. The molecule has 0 bridgehead atoms. The van der Waals surface area contributed by atoms with Gasteiger partial charge in [0.25, 0.3) is 5.91 Å². The van der Waals surface area contributed by atoms with Gasteiger partial charge in [0.2, 0.25) is 0 Å². The second-order valence-corrected chi connectivity index (χ2v) is 8.51. The lowest BCUT2D eigenvalue weighted by Gasteiger charge is -2.12. The topological polar surface area (TPSA) is 56.1 Å². The van der Waals surface area contributed by atoms with E-state index in [0.29, 0.717) is 13.2 Å². The van der Waals surface area contributed by atoms with Crippen molar-refractivity contribution in [2.75, 3.05) is 13.2 Å². The van der Waals surface area contributed by atoms with Gasteiger partial charge >= 0.3 is 0 Å². The highest BCUT2D eigenvalue weighted by molar-refractivity contribution is 5.95. The predicted molar refractivity (Wildman–Crippen MR) is 133 cm³/mol. The van der Waals surface area contributed by atoms with Gasteiger partial charge in [-0.25, -0.2) is 4.98 Å². The highest BCUT2D eigenvalue weighted by atomic mass is 16.5. The average Bonchev–Trinajstić information content (AvgIpc) is 3.14. The zero-order valence-electron chi connectivity index (χ0n) is 19.6. The molecule has 1 N–H and O–H groups in total. The van der Waals surface area contributed by atoms with E-state index in [9.17, 15) is 4.79 Å². The maximum Gasteiger partial charge on any atom is 0.251 e. The summed E-state index contributed by atoms with van der Waals surface area (Å²) in [5, 5.41) is 3.05. The van der Waals surface area contributed by atoms with Gasteiger partial charge in [0.05, 0.1) is 17.6 Å². The molecule has 0 aliphatic carbocycles. The van der Waals surface area contributed by atoms with Gasteiger partial charge in [-0.15, -0.1) is 0 Å². The summed E-state index contributed by atoms with van der Waals surface area (Å²) in [4.78, 5) is 17.4. The minimum atomic E-state index is -0.0208. The molecule has 0 saturated heterocycles. The Labute approximate surface area is 195 Å². The normalized spacial score (nSPS) is 11.0. The summed E-state index contributed by atoms with van der Waals surface area (Å²) in [6.45, 7) is 7.97. The third-order valence-corrected chi connectivity index (χ3v) is 5.80. The van der Waals surface area contributed by atoms with Crippen molar-refractivity contribution in [1.29, 1.82) is 0 Å². The number of nitrogens with one attached hydrogen (secondary N) is 1. The van der Waals surface area contributed by atoms with Crippen molar-refractivity contribution in [3.63, 3.8) is 0 Å². The zero-order valence-corrected chi connectivity index (χ0v) is 19.6. The summed E-state index contributed by atoms with van der Waals surface area (Å²) in [5.41, 5.74) is 6.18. The standard InChI is InChI=1S/C28H31N3O2/c1-20-8-6-9-23(19-20)33-17-16-31-26-11-5-4-10-25(26)30-27(31)12-7-15-29-28(32)24-14-13-21(2)18-22(24)3/h4-6,8-11,13-14,18-19H,7,12,15-17H2,1-3H3,(H,29,32). The fraction of sp³-hybridized carbons (Fsp3) is 0.286. The molecule has 0 spiro atoms. The average molecular weight is 442 g/mol. The van der Waals surface area contributed by atoms with E-state index in [1.165, 1.54) is 5.56 Å². The fourth-order valence-electron chi connectivity index (χ4n) is 4.14. The van der Waals surface area contributed by atoms with E-state index in [1.807, 2.05) is 68.4 Å². The number of para-hydroxylation sites is 2. The van der Waals surface area contributed by atoms with E-state index in [0.717, 1.165) is 58.7 Å². The van der Waals surface area contributed by atoms with E-state index in [1.54, 1.807) is 0 Å². The lowest BCUT2D eigenvalue weighted by Crippen LogP contribution is -2.25. The molecule has 4 aromatic rings. The van der Waals surface area contributed by atoms with Crippen LogP contribution in [-0.4, -0.2) is 28.6 Å². The first-order valence-corrected chi connectivity index (χ1v) is 11.5. The second-order valence-electron chi connectivity index (χ2n) is 8.51. The van der Waals surface area contributed by atoms with Gasteiger partial charge in [-0.3, -0.25) is 4.79 Å². The minimum Gasteiger partial charge on any atom is -0.492 e. The molecule has 0 atom stereocenters. The molecule has 0 aliphatic heterocycles. The molecular formula is C28H31N3O2. The molecule has 1 amide bonds. The first kappa shape index (κ1) is 22.6. The summed E-state index contributed by atoms with van der Waals surface area (Å²) < 4.78 is 8.22. The molecule has 3 aromatic carbocycles. The van der Waals surface area contributed by atoms with Crippen LogP contribution in [0.2, 0.25) is 0 Å². The Balaban J connectivity index is 1.37. The molecular weight excluding hydrogens is 410 g/mol. The van der Waals surface area contributed by atoms with Crippen LogP contribution in [0.1, 0.15) is 39.3 Å². The van der Waals surface area contributed by atoms with E-state index in [2.05, 4.69) is 28.9 Å². The molecule has 170 valence electrons. The van der Waals surface area contributed by atoms with Crippen molar-refractivity contribution in [2.24, 2.45) is 0 Å². The largest absolute Gasteiger partial charge is 0.492 e. The van der Waals surface area contributed by atoms with Crippen molar-refractivity contribution in [3.05, 3.63) is 94.8 Å². The number of hydrogen-bond donors (Lipinski definition) is 1. The number of benzene rings is 3. The highest BCUT2D eigenvalue weighted by Crippen LogP contribution is 2.18. The van der Waals surface area contributed by atoms with Crippen LogP contribution in [0.5, 0.6) is 5.75 Å². The van der Waals surface area contributed by atoms with Crippen LogP contribution < -0.4 is 10.1 Å². The quantitative estimate of drug-likeness (QED) is 0.354. The Hall–Kier alpha value is -3.60. The summed E-state index contributed by atoms with van der Waals surface area (Å²) >= 11 is 0. The minimum absolute atomic E-state index is 0.0208. The lowest BCUT2D eigenvalue weighted by atomic mass is 10.1. The van der Waals surface area contributed by atoms with Gasteiger partial charge in [-0.05, 0) is 68.7 Å². The van der Waals surface area contributed by atoms with Crippen LogP contribution in [0, 0.1) is 20.8 Å². The van der Waals surface area contributed by atoms with Crippen molar-refractivity contribution < 1.29 is 9.53 Å². The smallest absolute Gasteiger partial charge is 0.251 e. The Morgan fingerprint density at radius 2 is 1.79 bits per heavy atom. The molecule has 0 unspecified atom stereocenters. The molecule has 1 heterocycles. The summed E-state index contributed by atoms with van der Waals surface area (Å²) in [5.74, 6) is 1.88. The maximum absolute atomic E-state index is 12.5. The number of imidazole rings is 1. The Morgan fingerprint density at radius 1 is 0.970 bits per heavy atom. The summed E-state index contributed by atoms with van der Waals surface area (Å²) in [6.07, 6.45) is 1.60. The van der Waals surface area contributed by atoms with Crippen LogP contribution >= 0.6 is 0 Å². The fourth-order valence-corrected chi connectivity index (χ4v) is 4.14. The van der Waals surface area contributed by atoms with Crippen molar-refractivity contribution in [3.8, 4) is 5.75 Å². The van der Waals surface area contributed by atoms with Gasteiger partial charge in [-0.2, -0.15) is 0 Å².